The normalized spacial score (nSPS) is 16.4. The van der Waals surface area contributed by atoms with Crippen molar-refractivity contribution in [2.24, 2.45) is 0 Å². The molecule has 188 valence electrons. The summed E-state index contributed by atoms with van der Waals surface area (Å²) in [5, 5.41) is 8.85. The minimum atomic E-state index is -0.355. The minimum Gasteiger partial charge on any atom is -0.449 e. The molecule has 0 spiro atoms. The third-order valence-electron chi connectivity index (χ3n) is 6.81. The van der Waals surface area contributed by atoms with E-state index in [0.717, 1.165) is 39.5 Å². The minimum absolute atomic E-state index is 0.272. The molecule has 1 N–H and O–H groups in total. The lowest BCUT2D eigenvalue weighted by Gasteiger charge is -2.42. The third kappa shape index (κ3) is 5.81. The van der Waals surface area contributed by atoms with Gasteiger partial charge in [0, 0.05) is 34.5 Å². The predicted molar refractivity (Wildman–Crippen MR) is 138 cm³/mol. The summed E-state index contributed by atoms with van der Waals surface area (Å²) in [5.74, 6) is -0.277. The van der Waals surface area contributed by atoms with E-state index in [1.165, 1.54) is 12.1 Å². The average molecular weight is 567 g/mol. The number of aromatic amines is 1. The molecule has 1 aliphatic rings. The second kappa shape index (κ2) is 11.3. The van der Waals surface area contributed by atoms with Crippen LogP contribution in [0, 0.1) is 5.82 Å². The van der Waals surface area contributed by atoms with Crippen LogP contribution in [-0.2, 0) is 14.9 Å². The summed E-state index contributed by atoms with van der Waals surface area (Å²) in [6.07, 6.45) is 2.66. The Bertz CT molecular complexity index is 1160. The Morgan fingerprint density at radius 2 is 2.00 bits per heavy atom. The van der Waals surface area contributed by atoms with Crippen molar-refractivity contribution in [1.29, 1.82) is 0 Å². The van der Waals surface area contributed by atoms with Crippen molar-refractivity contribution >= 4 is 44.5 Å². The lowest BCUT2D eigenvalue weighted by atomic mass is 9.73. The average Bonchev–Trinajstić information content (AvgIpc) is 3.23. The van der Waals surface area contributed by atoms with Crippen molar-refractivity contribution in [2.45, 2.75) is 51.0 Å². The molecule has 0 saturated carbocycles. The molecular formula is C26H30BrClFN3O3. The number of aromatic nitrogens is 2. The number of amides is 1. The molecule has 0 bridgehead atoms. The maximum absolute atomic E-state index is 13.7. The van der Waals surface area contributed by atoms with Crippen LogP contribution in [0.4, 0.5) is 9.18 Å². The van der Waals surface area contributed by atoms with Gasteiger partial charge in [-0.25, -0.2) is 9.18 Å². The van der Waals surface area contributed by atoms with Gasteiger partial charge < -0.3 is 14.4 Å². The monoisotopic (exact) mass is 565 g/mol. The van der Waals surface area contributed by atoms with Crippen LogP contribution in [-0.4, -0.2) is 47.5 Å². The van der Waals surface area contributed by atoms with Gasteiger partial charge in [-0.1, -0.05) is 37.1 Å². The molecule has 35 heavy (non-hydrogen) atoms. The molecule has 4 rings (SSSR count). The molecule has 1 unspecified atom stereocenters. The number of benzene rings is 2. The van der Waals surface area contributed by atoms with Crippen LogP contribution in [0.25, 0.3) is 10.9 Å². The highest BCUT2D eigenvalue weighted by Gasteiger charge is 2.39. The van der Waals surface area contributed by atoms with Crippen LogP contribution in [0.5, 0.6) is 0 Å². The van der Waals surface area contributed by atoms with Crippen molar-refractivity contribution in [2.75, 3.05) is 26.3 Å². The van der Waals surface area contributed by atoms with Crippen molar-refractivity contribution in [3.63, 3.8) is 0 Å². The Hall–Kier alpha value is -2.16. The van der Waals surface area contributed by atoms with Crippen LogP contribution in [0.15, 0.2) is 41.0 Å². The number of unbranched alkanes of at least 4 members (excludes halogenated alkanes) is 1. The quantitative estimate of drug-likeness (QED) is 0.294. The number of carbonyl (C=O) groups excluding carboxylic acids is 1. The Labute approximate surface area is 218 Å². The van der Waals surface area contributed by atoms with E-state index in [2.05, 4.69) is 33.1 Å². The Morgan fingerprint density at radius 3 is 2.69 bits per heavy atom. The smallest absolute Gasteiger partial charge is 0.409 e. The number of piperidine rings is 1. The largest absolute Gasteiger partial charge is 0.449 e. The molecule has 6 nitrogen and oxygen atoms in total. The summed E-state index contributed by atoms with van der Waals surface area (Å²) < 4.78 is 26.3. The first-order valence-electron chi connectivity index (χ1n) is 12.0. The van der Waals surface area contributed by atoms with Gasteiger partial charge in [0.1, 0.15) is 10.4 Å². The van der Waals surface area contributed by atoms with Crippen LogP contribution in [0.1, 0.15) is 56.8 Å². The molecule has 0 radical (unpaired) electrons. The highest BCUT2D eigenvalue weighted by Crippen LogP contribution is 2.39. The van der Waals surface area contributed by atoms with Crippen molar-refractivity contribution in [3.05, 3.63) is 63.0 Å². The van der Waals surface area contributed by atoms with Gasteiger partial charge in [-0.15, -0.1) is 0 Å². The molecule has 1 aliphatic heterocycles. The lowest BCUT2D eigenvalue weighted by molar-refractivity contribution is 0.00303. The Kier molecular flexibility index (Phi) is 8.34. The van der Waals surface area contributed by atoms with Crippen molar-refractivity contribution in [3.8, 4) is 0 Å². The van der Waals surface area contributed by atoms with E-state index in [-0.39, 0.29) is 23.4 Å². The number of rotatable bonds is 8. The summed E-state index contributed by atoms with van der Waals surface area (Å²) >= 11 is 9.85. The van der Waals surface area contributed by atoms with E-state index < -0.39 is 0 Å². The zero-order valence-corrected chi connectivity index (χ0v) is 22.3. The van der Waals surface area contributed by atoms with E-state index in [9.17, 15) is 9.18 Å². The topological polar surface area (TPSA) is 67.4 Å². The maximum Gasteiger partial charge on any atom is 0.409 e. The Balaban J connectivity index is 1.52. The number of nitrogens with one attached hydrogen (secondary N) is 1. The molecule has 9 heteroatoms. The van der Waals surface area contributed by atoms with Crippen LogP contribution in [0.2, 0.25) is 5.02 Å². The second-order valence-corrected chi connectivity index (χ2v) is 10.4. The number of ether oxygens (including phenoxy) is 2. The standard InChI is InChI=1S/C26H30BrClFN3O3/c1-3-4-13-34-25(33)32-11-9-26(10-12-32,18-5-7-20(29)8-6-18)16-35-17(2)21-14-19(28)15-22-23(21)30-31-24(22)27/h5-8,14-15,17H,3-4,9-13,16H2,1-2H3,(H,30,31). The number of H-pyrrole nitrogens is 1. The van der Waals surface area contributed by atoms with Gasteiger partial charge in [0.05, 0.1) is 24.8 Å². The van der Waals surface area contributed by atoms with Crippen LogP contribution < -0.4 is 0 Å². The van der Waals surface area contributed by atoms with E-state index in [1.54, 1.807) is 4.90 Å². The first kappa shape index (κ1) is 25.9. The first-order valence-corrected chi connectivity index (χ1v) is 13.1. The summed E-state index contributed by atoms with van der Waals surface area (Å²) in [6, 6.07) is 10.3. The molecule has 3 aromatic rings. The molecule has 2 heterocycles. The summed E-state index contributed by atoms with van der Waals surface area (Å²) in [6.45, 7) is 5.99. The molecule has 1 aromatic heterocycles. The zero-order valence-electron chi connectivity index (χ0n) is 20.0. The SMILES string of the molecule is CCCCOC(=O)N1CCC(COC(C)c2cc(Cl)cc3c(Br)[nH]nc23)(c2ccc(F)cc2)CC1. The van der Waals surface area contributed by atoms with E-state index in [1.807, 2.05) is 31.2 Å². The molecular weight excluding hydrogens is 537 g/mol. The number of halogens is 3. The van der Waals surface area contributed by atoms with Crippen molar-refractivity contribution in [1.82, 2.24) is 15.1 Å². The second-order valence-electron chi connectivity index (χ2n) is 9.12. The number of hydrogen-bond acceptors (Lipinski definition) is 4. The van der Waals surface area contributed by atoms with E-state index in [4.69, 9.17) is 21.1 Å². The van der Waals surface area contributed by atoms with Gasteiger partial charge in [-0.3, -0.25) is 5.10 Å². The maximum atomic E-state index is 13.7. The van der Waals surface area contributed by atoms with Gasteiger partial charge in [0.15, 0.2) is 0 Å². The lowest BCUT2D eigenvalue weighted by Crippen LogP contribution is -2.47. The van der Waals surface area contributed by atoms with E-state index in [0.29, 0.717) is 44.2 Å². The summed E-state index contributed by atoms with van der Waals surface area (Å²) in [5.41, 5.74) is 2.34. The van der Waals surface area contributed by atoms with Crippen LogP contribution >= 0.6 is 27.5 Å². The van der Waals surface area contributed by atoms with Gasteiger partial charge in [0.2, 0.25) is 0 Å². The number of fused-ring (bicyclic) bond motifs is 1. The first-order chi connectivity index (χ1) is 16.8. The van der Waals surface area contributed by atoms with Crippen LogP contribution in [0.3, 0.4) is 0 Å². The molecule has 1 atom stereocenters. The van der Waals surface area contributed by atoms with E-state index >= 15 is 0 Å². The number of carbonyl (C=O) groups is 1. The number of likely N-dealkylation sites (tertiary alicyclic amines) is 1. The highest BCUT2D eigenvalue weighted by molar-refractivity contribution is 9.10. The highest BCUT2D eigenvalue weighted by atomic mass is 79.9. The predicted octanol–water partition coefficient (Wildman–Crippen LogP) is 7.17. The van der Waals surface area contributed by atoms with Crippen molar-refractivity contribution < 1.29 is 18.7 Å². The molecule has 2 aromatic carbocycles. The van der Waals surface area contributed by atoms with Gasteiger partial charge in [-0.05, 0) is 71.9 Å². The third-order valence-corrected chi connectivity index (χ3v) is 7.64. The molecule has 1 fully saturated rings. The molecule has 1 amide bonds. The fourth-order valence-electron chi connectivity index (χ4n) is 4.59. The number of hydrogen-bond donors (Lipinski definition) is 1. The van der Waals surface area contributed by atoms with Gasteiger partial charge in [0.25, 0.3) is 0 Å². The zero-order chi connectivity index (χ0) is 25.0. The Morgan fingerprint density at radius 1 is 1.29 bits per heavy atom. The number of nitrogens with zero attached hydrogens (tertiary/aromatic N) is 2. The van der Waals surface area contributed by atoms with Gasteiger partial charge >= 0.3 is 6.09 Å². The summed E-state index contributed by atoms with van der Waals surface area (Å²) in [7, 11) is 0. The molecule has 1 saturated heterocycles. The van der Waals surface area contributed by atoms with Gasteiger partial charge in [-0.2, -0.15) is 5.10 Å². The fraction of sp³-hybridized carbons (Fsp3) is 0.462. The molecule has 0 aliphatic carbocycles. The fourth-order valence-corrected chi connectivity index (χ4v) is 5.21. The summed E-state index contributed by atoms with van der Waals surface area (Å²) in [4.78, 5) is 14.2.